The van der Waals surface area contributed by atoms with E-state index in [4.69, 9.17) is 10.2 Å². The molecule has 1 heterocycles. The topological polar surface area (TPSA) is 78.0 Å². The molecule has 0 aliphatic rings. The first-order valence-corrected chi connectivity index (χ1v) is 11.7. The van der Waals surface area contributed by atoms with Crippen LogP contribution in [0.5, 0.6) is 0 Å². The normalized spacial score (nSPS) is 11.6. The highest BCUT2D eigenvalue weighted by molar-refractivity contribution is 9.10. The van der Waals surface area contributed by atoms with Crippen LogP contribution in [-0.4, -0.2) is 18.2 Å². The van der Waals surface area contributed by atoms with Crippen molar-refractivity contribution >= 4 is 41.9 Å². The molecule has 8 heteroatoms. The minimum absolute atomic E-state index is 0.0174. The number of aromatic nitrogens is 2. The zero-order valence-corrected chi connectivity index (χ0v) is 18.9. The van der Waals surface area contributed by atoms with Gasteiger partial charge in [0.2, 0.25) is 10.0 Å². The Hall–Kier alpha value is -2.26. The first-order valence-electron chi connectivity index (χ1n) is 8.57. The minimum atomic E-state index is -3.92. The molecule has 2 N–H and O–H groups in total. The van der Waals surface area contributed by atoms with E-state index in [0.29, 0.717) is 5.69 Å². The van der Waals surface area contributed by atoms with Gasteiger partial charge in [0.25, 0.3) is 0 Å². The molecule has 4 aromatic rings. The number of benzene rings is 3. The zero-order valence-electron chi connectivity index (χ0n) is 15.0. The lowest BCUT2D eigenvalue weighted by atomic mass is 10.1. The second-order valence-corrected chi connectivity index (χ2v) is 9.71. The lowest BCUT2D eigenvalue weighted by molar-refractivity contribution is 0.596. The van der Waals surface area contributed by atoms with Gasteiger partial charge >= 0.3 is 0 Å². The first-order chi connectivity index (χ1) is 13.8. The predicted octanol–water partition coefficient (Wildman–Crippen LogP) is 5.38. The van der Waals surface area contributed by atoms with Gasteiger partial charge in [-0.2, -0.15) is 5.10 Å². The maximum absolute atomic E-state index is 12.2. The summed E-state index contributed by atoms with van der Waals surface area (Å²) in [4.78, 5) is 0.0174. The Morgan fingerprint density at radius 1 is 0.793 bits per heavy atom. The second kappa shape index (κ2) is 7.87. The molecule has 0 saturated heterocycles. The summed E-state index contributed by atoms with van der Waals surface area (Å²) in [5, 5.41) is 10.2. The van der Waals surface area contributed by atoms with Crippen molar-refractivity contribution in [3.05, 3.63) is 87.8 Å². The van der Waals surface area contributed by atoms with Crippen LogP contribution in [0, 0.1) is 0 Å². The Morgan fingerprint density at radius 2 is 1.34 bits per heavy atom. The summed E-state index contributed by atoms with van der Waals surface area (Å²) in [7, 11) is -3.92. The van der Waals surface area contributed by atoms with Crippen LogP contribution < -0.4 is 5.14 Å². The van der Waals surface area contributed by atoms with Crippen LogP contribution in [0.3, 0.4) is 0 Å². The lowest BCUT2D eigenvalue weighted by Gasteiger charge is -2.11. The van der Waals surface area contributed by atoms with Gasteiger partial charge in [0, 0.05) is 20.1 Å². The molecular formula is C21H15Br2N3O2S. The molecule has 29 heavy (non-hydrogen) atoms. The summed E-state index contributed by atoms with van der Waals surface area (Å²) in [6.45, 7) is 0. The summed E-state index contributed by atoms with van der Waals surface area (Å²) < 4.78 is 27.9. The molecule has 0 fully saturated rings. The lowest BCUT2D eigenvalue weighted by Crippen LogP contribution is -2.16. The molecule has 146 valence electrons. The maximum Gasteiger partial charge on any atom is 0.240 e. The van der Waals surface area contributed by atoms with E-state index in [1.165, 1.54) is 6.07 Å². The number of halogens is 2. The highest BCUT2D eigenvalue weighted by Gasteiger charge is 2.20. The molecule has 0 unspecified atom stereocenters. The number of hydrogen-bond acceptors (Lipinski definition) is 3. The van der Waals surface area contributed by atoms with Gasteiger partial charge in [0.1, 0.15) is 4.90 Å². The number of para-hydroxylation sites is 1. The van der Waals surface area contributed by atoms with Gasteiger partial charge < -0.3 is 0 Å². The van der Waals surface area contributed by atoms with E-state index in [2.05, 4.69) is 31.9 Å². The fraction of sp³-hybridized carbons (Fsp3) is 0. The molecule has 4 rings (SSSR count). The Bertz CT molecular complexity index is 1280. The maximum atomic E-state index is 12.2. The van der Waals surface area contributed by atoms with E-state index < -0.39 is 10.0 Å². The van der Waals surface area contributed by atoms with Crippen molar-refractivity contribution < 1.29 is 8.42 Å². The summed E-state index contributed by atoms with van der Waals surface area (Å²) in [5.41, 5.74) is 3.69. The van der Waals surface area contributed by atoms with Crippen LogP contribution in [0.25, 0.3) is 28.2 Å². The third-order valence-electron chi connectivity index (χ3n) is 4.39. The number of hydrogen-bond donors (Lipinski definition) is 1. The zero-order chi connectivity index (χ0) is 20.6. The van der Waals surface area contributed by atoms with Crippen molar-refractivity contribution in [1.29, 1.82) is 0 Å². The molecule has 0 radical (unpaired) electrons. The quantitative estimate of drug-likeness (QED) is 0.383. The molecule has 5 nitrogen and oxygen atoms in total. The number of primary sulfonamides is 1. The minimum Gasteiger partial charge on any atom is -0.231 e. The van der Waals surface area contributed by atoms with Crippen LogP contribution in [0.15, 0.2) is 92.7 Å². The van der Waals surface area contributed by atoms with E-state index in [1.807, 2.05) is 54.6 Å². The van der Waals surface area contributed by atoms with Crippen LogP contribution in [0.1, 0.15) is 0 Å². The van der Waals surface area contributed by atoms with Crippen LogP contribution in [0.2, 0.25) is 0 Å². The Morgan fingerprint density at radius 3 is 1.93 bits per heavy atom. The average Bonchev–Trinajstić information content (AvgIpc) is 3.14. The van der Waals surface area contributed by atoms with E-state index in [0.717, 1.165) is 31.5 Å². The van der Waals surface area contributed by atoms with Crippen LogP contribution in [-0.2, 0) is 10.0 Å². The molecule has 0 aliphatic carbocycles. The second-order valence-electron chi connectivity index (χ2n) is 6.35. The fourth-order valence-corrected chi connectivity index (χ4v) is 4.27. The van der Waals surface area contributed by atoms with Crippen molar-refractivity contribution in [1.82, 2.24) is 9.78 Å². The van der Waals surface area contributed by atoms with E-state index in [1.54, 1.807) is 22.9 Å². The number of nitrogens with two attached hydrogens (primary N) is 1. The van der Waals surface area contributed by atoms with Gasteiger partial charge in [-0.25, -0.2) is 18.2 Å². The highest BCUT2D eigenvalue weighted by atomic mass is 79.9. The molecule has 0 aliphatic heterocycles. The number of sulfonamides is 1. The molecule has 1 aromatic heterocycles. The molecule has 0 spiro atoms. The third-order valence-corrected chi connectivity index (χ3v) is 6.40. The van der Waals surface area contributed by atoms with Gasteiger partial charge in [-0.3, -0.25) is 0 Å². The summed E-state index contributed by atoms with van der Waals surface area (Å²) in [6, 6.07) is 24.0. The SMILES string of the molecule is NS(=O)(=O)c1ccccc1-n1nc(-c2ccc(Br)cc2)cc1-c1ccc(Br)cc1. The van der Waals surface area contributed by atoms with E-state index in [9.17, 15) is 8.42 Å². The van der Waals surface area contributed by atoms with Crippen molar-refractivity contribution in [3.63, 3.8) is 0 Å². The molecular weight excluding hydrogens is 518 g/mol. The summed E-state index contributed by atoms with van der Waals surface area (Å²) >= 11 is 6.88. The van der Waals surface area contributed by atoms with Gasteiger partial charge in [0.15, 0.2) is 0 Å². The summed E-state index contributed by atoms with van der Waals surface area (Å²) in [5.74, 6) is 0. The van der Waals surface area contributed by atoms with Crippen molar-refractivity contribution in [3.8, 4) is 28.2 Å². The Kier molecular flexibility index (Phi) is 5.44. The molecule has 3 aromatic carbocycles. The molecule has 0 saturated carbocycles. The summed E-state index contributed by atoms with van der Waals surface area (Å²) in [6.07, 6.45) is 0. The third kappa shape index (κ3) is 4.20. The van der Waals surface area contributed by atoms with Crippen molar-refractivity contribution in [2.75, 3.05) is 0 Å². The Labute approximate surface area is 185 Å². The van der Waals surface area contributed by atoms with Gasteiger partial charge in [-0.1, -0.05) is 68.3 Å². The number of rotatable bonds is 4. The monoisotopic (exact) mass is 531 g/mol. The van der Waals surface area contributed by atoms with Crippen molar-refractivity contribution in [2.24, 2.45) is 5.14 Å². The van der Waals surface area contributed by atoms with E-state index in [-0.39, 0.29) is 4.90 Å². The molecule has 0 bridgehead atoms. The number of nitrogens with zero attached hydrogens (tertiary/aromatic N) is 2. The largest absolute Gasteiger partial charge is 0.240 e. The first kappa shape index (κ1) is 20.0. The van der Waals surface area contributed by atoms with Gasteiger partial charge in [0.05, 0.1) is 17.1 Å². The standard InChI is InChI=1S/C21H15Br2N3O2S/c22-16-9-5-14(6-10-16)18-13-20(15-7-11-17(23)12-8-15)26(25-18)19-3-1-2-4-21(19)29(24,27)28/h1-13H,(H2,24,27,28). The average molecular weight is 533 g/mol. The van der Waals surface area contributed by atoms with Crippen LogP contribution in [0.4, 0.5) is 0 Å². The van der Waals surface area contributed by atoms with Gasteiger partial charge in [-0.15, -0.1) is 0 Å². The van der Waals surface area contributed by atoms with E-state index >= 15 is 0 Å². The molecule has 0 atom stereocenters. The van der Waals surface area contributed by atoms with Crippen LogP contribution >= 0.6 is 31.9 Å². The fourth-order valence-electron chi connectivity index (χ4n) is 3.03. The van der Waals surface area contributed by atoms with Crippen molar-refractivity contribution in [2.45, 2.75) is 4.90 Å². The van der Waals surface area contributed by atoms with Gasteiger partial charge in [-0.05, 0) is 42.5 Å². The predicted molar refractivity (Wildman–Crippen MR) is 121 cm³/mol. The smallest absolute Gasteiger partial charge is 0.231 e. The molecule has 0 amide bonds. The highest BCUT2D eigenvalue weighted by Crippen LogP contribution is 2.32. The Balaban J connectivity index is 1.98.